The summed E-state index contributed by atoms with van der Waals surface area (Å²) in [6.45, 7) is 0.0464. The third-order valence-electron chi connectivity index (χ3n) is 5.01. The molecular formula is C20H20Cl2N4O2S. The Morgan fingerprint density at radius 1 is 1.10 bits per heavy atom. The van der Waals surface area contributed by atoms with Gasteiger partial charge in [0.15, 0.2) is 0 Å². The number of benzene rings is 1. The maximum atomic E-state index is 12.7. The third kappa shape index (κ3) is 4.48. The van der Waals surface area contributed by atoms with Gasteiger partial charge in [-0.05, 0) is 49.2 Å². The van der Waals surface area contributed by atoms with Gasteiger partial charge in [-0.3, -0.25) is 9.67 Å². The van der Waals surface area contributed by atoms with Gasteiger partial charge in [0.05, 0.1) is 34.7 Å². The zero-order valence-electron chi connectivity index (χ0n) is 15.6. The number of nitrogens with one attached hydrogen (secondary N) is 1. The molecule has 3 aromatic rings. The van der Waals surface area contributed by atoms with Crippen LogP contribution in [-0.4, -0.2) is 23.2 Å². The van der Waals surface area contributed by atoms with Crippen molar-refractivity contribution in [3.05, 3.63) is 64.4 Å². The van der Waals surface area contributed by atoms with Crippen molar-refractivity contribution in [2.24, 2.45) is 0 Å². The minimum atomic E-state index is -3.83. The quantitative estimate of drug-likeness (QED) is 0.582. The molecule has 0 saturated heterocycles. The molecule has 152 valence electrons. The molecule has 2 heterocycles. The van der Waals surface area contributed by atoms with Gasteiger partial charge in [0.25, 0.3) is 0 Å². The van der Waals surface area contributed by atoms with Crippen LogP contribution < -0.4 is 4.72 Å². The second kappa shape index (κ2) is 8.44. The van der Waals surface area contributed by atoms with Crippen molar-refractivity contribution in [2.75, 3.05) is 0 Å². The molecule has 1 fully saturated rings. The molecule has 0 spiro atoms. The molecule has 6 nitrogen and oxygen atoms in total. The van der Waals surface area contributed by atoms with Gasteiger partial charge >= 0.3 is 0 Å². The number of sulfonamides is 1. The Labute approximate surface area is 179 Å². The average molecular weight is 451 g/mol. The lowest BCUT2D eigenvalue weighted by Crippen LogP contribution is -2.24. The van der Waals surface area contributed by atoms with Gasteiger partial charge in [-0.25, -0.2) is 13.1 Å². The van der Waals surface area contributed by atoms with E-state index in [2.05, 4.69) is 9.71 Å². The highest BCUT2D eigenvalue weighted by Gasteiger charge is 2.24. The van der Waals surface area contributed by atoms with E-state index < -0.39 is 10.0 Å². The first-order valence-electron chi connectivity index (χ1n) is 9.38. The number of halogens is 2. The Morgan fingerprint density at radius 2 is 1.90 bits per heavy atom. The fourth-order valence-electron chi connectivity index (χ4n) is 3.59. The van der Waals surface area contributed by atoms with Crippen molar-refractivity contribution >= 4 is 33.2 Å². The highest BCUT2D eigenvalue weighted by Crippen LogP contribution is 2.33. The van der Waals surface area contributed by atoms with Crippen molar-refractivity contribution in [3.8, 4) is 11.4 Å². The summed E-state index contributed by atoms with van der Waals surface area (Å²) in [6.07, 6.45) is 6.20. The number of hydrogen-bond donors (Lipinski definition) is 1. The summed E-state index contributed by atoms with van der Waals surface area (Å²) in [5.74, 6) is 0. The van der Waals surface area contributed by atoms with E-state index in [-0.39, 0.29) is 16.5 Å². The predicted octanol–water partition coefficient (Wildman–Crippen LogP) is 4.85. The van der Waals surface area contributed by atoms with E-state index >= 15 is 0 Å². The van der Waals surface area contributed by atoms with Crippen molar-refractivity contribution in [1.29, 1.82) is 0 Å². The second-order valence-electron chi connectivity index (χ2n) is 7.02. The topological polar surface area (TPSA) is 76.9 Å². The maximum Gasteiger partial charge on any atom is 0.242 e. The number of aromatic nitrogens is 3. The predicted molar refractivity (Wildman–Crippen MR) is 113 cm³/mol. The van der Waals surface area contributed by atoms with Crippen molar-refractivity contribution in [1.82, 2.24) is 19.5 Å². The molecular weight excluding hydrogens is 431 g/mol. The molecule has 9 heteroatoms. The molecule has 0 amide bonds. The van der Waals surface area contributed by atoms with Crippen LogP contribution in [0.15, 0.2) is 53.6 Å². The molecule has 1 saturated carbocycles. The van der Waals surface area contributed by atoms with Crippen LogP contribution in [0.3, 0.4) is 0 Å². The van der Waals surface area contributed by atoms with Gasteiger partial charge < -0.3 is 0 Å². The minimum absolute atomic E-state index is 0.0464. The van der Waals surface area contributed by atoms with Crippen molar-refractivity contribution in [2.45, 2.75) is 43.2 Å². The Kier molecular flexibility index (Phi) is 5.92. The SMILES string of the molecule is O=S(=O)(NCc1cc(-c2ccccn2)n(C2CCCC2)n1)c1cc(Cl)ccc1Cl. The molecule has 0 unspecified atom stereocenters. The fourth-order valence-corrected chi connectivity index (χ4v) is 5.35. The number of rotatable bonds is 6. The highest BCUT2D eigenvalue weighted by molar-refractivity contribution is 7.89. The first kappa shape index (κ1) is 20.3. The monoisotopic (exact) mass is 450 g/mol. The van der Waals surface area contributed by atoms with Crippen LogP contribution in [0.5, 0.6) is 0 Å². The van der Waals surface area contributed by atoms with E-state index in [1.165, 1.54) is 25.0 Å². The molecule has 0 atom stereocenters. The maximum absolute atomic E-state index is 12.7. The Hall–Kier alpha value is -1.93. The van der Waals surface area contributed by atoms with E-state index in [1.807, 2.05) is 28.9 Å². The van der Waals surface area contributed by atoms with Gasteiger partial charge in [-0.2, -0.15) is 5.10 Å². The van der Waals surface area contributed by atoms with Gasteiger partial charge in [-0.1, -0.05) is 42.1 Å². The number of pyridine rings is 1. The molecule has 0 radical (unpaired) electrons. The second-order valence-corrected chi connectivity index (χ2v) is 9.60. The van der Waals surface area contributed by atoms with Crippen LogP contribution in [0.25, 0.3) is 11.4 Å². The molecule has 1 aliphatic carbocycles. The van der Waals surface area contributed by atoms with Crippen molar-refractivity contribution in [3.63, 3.8) is 0 Å². The molecule has 1 N–H and O–H groups in total. The molecule has 1 aromatic carbocycles. The van der Waals surface area contributed by atoms with Crippen LogP contribution in [0.2, 0.25) is 10.0 Å². The van der Waals surface area contributed by atoms with E-state index in [4.69, 9.17) is 28.3 Å². The zero-order chi connectivity index (χ0) is 20.4. The van der Waals surface area contributed by atoms with Crippen LogP contribution in [0.4, 0.5) is 0 Å². The Morgan fingerprint density at radius 3 is 2.62 bits per heavy atom. The van der Waals surface area contributed by atoms with Gasteiger partial charge in [-0.15, -0.1) is 0 Å². The largest absolute Gasteiger partial charge is 0.260 e. The molecule has 29 heavy (non-hydrogen) atoms. The van der Waals surface area contributed by atoms with Gasteiger partial charge in [0.2, 0.25) is 10.0 Å². The Balaban J connectivity index is 1.61. The lowest BCUT2D eigenvalue weighted by atomic mass is 10.2. The highest BCUT2D eigenvalue weighted by atomic mass is 35.5. The lowest BCUT2D eigenvalue weighted by Gasteiger charge is -2.13. The lowest BCUT2D eigenvalue weighted by molar-refractivity contribution is 0.466. The summed E-state index contributed by atoms with van der Waals surface area (Å²) in [7, 11) is -3.83. The number of hydrogen-bond acceptors (Lipinski definition) is 4. The molecule has 0 aliphatic heterocycles. The molecule has 1 aliphatic rings. The first-order valence-corrected chi connectivity index (χ1v) is 11.6. The zero-order valence-corrected chi connectivity index (χ0v) is 17.9. The molecule has 2 aromatic heterocycles. The van der Waals surface area contributed by atoms with Crippen molar-refractivity contribution < 1.29 is 8.42 Å². The third-order valence-corrected chi connectivity index (χ3v) is 7.13. The smallest absolute Gasteiger partial charge is 0.242 e. The average Bonchev–Trinajstić information content (AvgIpc) is 3.38. The normalized spacial score (nSPS) is 15.1. The standard InChI is InChI=1S/C20H20Cl2N4O2S/c21-14-8-9-17(22)20(11-14)29(27,28)24-13-15-12-19(18-7-3-4-10-23-18)26(25-15)16-5-1-2-6-16/h3-4,7-12,16,24H,1-2,5-6,13H2. The van der Waals surface area contributed by atoms with Gasteiger partial charge in [0, 0.05) is 11.2 Å². The summed E-state index contributed by atoms with van der Waals surface area (Å²) in [4.78, 5) is 4.39. The Bertz CT molecular complexity index is 1110. The van der Waals surface area contributed by atoms with Crippen LogP contribution in [0, 0.1) is 0 Å². The van der Waals surface area contributed by atoms with Crippen LogP contribution in [0.1, 0.15) is 37.4 Å². The van der Waals surface area contributed by atoms with E-state index in [9.17, 15) is 8.42 Å². The van der Waals surface area contributed by atoms with Gasteiger partial charge in [0.1, 0.15) is 4.90 Å². The molecule has 0 bridgehead atoms. The first-order chi connectivity index (χ1) is 13.9. The summed E-state index contributed by atoms with van der Waals surface area (Å²) in [6, 6.07) is 12.3. The van der Waals surface area contributed by atoms with E-state index in [1.54, 1.807) is 12.3 Å². The summed E-state index contributed by atoms with van der Waals surface area (Å²) < 4.78 is 30.0. The number of nitrogens with zero attached hydrogens (tertiary/aromatic N) is 3. The van der Waals surface area contributed by atoms with E-state index in [0.717, 1.165) is 24.2 Å². The summed E-state index contributed by atoms with van der Waals surface area (Å²) in [5.41, 5.74) is 2.34. The van der Waals surface area contributed by atoms with E-state index in [0.29, 0.717) is 16.8 Å². The summed E-state index contributed by atoms with van der Waals surface area (Å²) >= 11 is 12.0. The summed E-state index contributed by atoms with van der Waals surface area (Å²) in [5, 5.41) is 5.12. The minimum Gasteiger partial charge on any atom is -0.260 e. The van der Waals surface area contributed by atoms with Crippen LogP contribution in [-0.2, 0) is 16.6 Å². The van der Waals surface area contributed by atoms with Crippen LogP contribution >= 0.6 is 23.2 Å². The fraction of sp³-hybridized carbons (Fsp3) is 0.300. The molecule has 4 rings (SSSR count).